The van der Waals surface area contributed by atoms with Gasteiger partial charge in [-0.2, -0.15) is 14.5 Å². The molecule has 19 heavy (non-hydrogen) atoms. The third-order valence-electron chi connectivity index (χ3n) is 3.34. The minimum Gasteiger partial charge on any atom is -0.274 e. The van der Waals surface area contributed by atoms with Gasteiger partial charge < -0.3 is 0 Å². The van der Waals surface area contributed by atoms with Crippen molar-refractivity contribution in [2.75, 3.05) is 13.1 Å². The summed E-state index contributed by atoms with van der Waals surface area (Å²) in [6.07, 6.45) is 7.26. The van der Waals surface area contributed by atoms with Gasteiger partial charge in [0.25, 0.3) is 0 Å². The molecule has 0 amide bonds. The predicted octanol–water partition coefficient (Wildman–Crippen LogP) is 0.252. The molecule has 102 valence electrons. The summed E-state index contributed by atoms with van der Waals surface area (Å²) in [5, 5.41) is 8.09. The van der Waals surface area contributed by atoms with Crippen LogP contribution < -0.4 is 0 Å². The Bertz CT molecular complexity index is 661. The zero-order valence-electron chi connectivity index (χ0n) is 10.5. The summed E-state index contributed by atoms with van der Waals surface area (Å²) in [5.74, 6) is 0. The summed E-state index contributed by atoms with van der Waals surface area (Å²) >= 11 is 0. The molecule has 0 spiro atoms. The number of rotatable bonds is 3. The largest absolute Gasteiger partial charge is 0.274 e. The lowest BCUT2D eigenvalue weighted by atomic mass is 10.3. The highest BCUT2D eigenvalue weighted by atomic mass is 32.2. The number of aryl methyl sites for hydroxylation is 1. The molecule has 0 saturated carbocycles. The molecule has 1 aliphatic heterocycles. The Balaban J connectivity index is 1.81. The van der Waals surface area contributed by atoms with Gasteiger partial charge in [0, 0.05) is 38.7 Å². The summed E-state index contributed by atoms with van der Waals surface area (Å²) in [6.45, 7) is 0.973. The van der Waals surface area contributed by atoms with Gasteiger partial charge in [-0.25, -0.2) is 8.42 Å². The molecule has 0 aromatic carbocycles. The zero-order chi connectivity index (χ0) is 13.5. The third kappa shape index (κ3) is 2.17. The van der Waals surface area contributed by atoms with E-state index in [9.17, 15) is 8.42 Å². The Labute approximate surface area is 111 Å². The predicted molar refractivity (Wildman–Crippen MR) is 67.8 cm³/mol. The number of hydrogen-bond acceptors (Lipinski definition) is 4. The average Bonchev–Trinajstić information content (AvgIpc) is 3.10. The van der Waals surface area contributed by atoms with Crippen LogP contribution in [0.4, 0.5) is 0 Å². The summed E-state index contributed by atoms with van der Waals surface area (Å²) in [7, 11) is -1.73. The standard InChI is InChI=1S/C11H15N5O2S/c1-14-9-11(7-13-14)19(17,18)15-6-3-10(8-15)16-5-2-4-12-16/h2,4-5,7,9-10H,3,6,8H2,1H3. The van der Waals surface area contributed by atoms with E-state index in [0.717, 1.165) is 6.42 Å². The van der Waals surface area contributed by atoms with Crippen molar-refractivity contribution in [2.45, 2.75) is 17.4 Å². The van der Waals surface area contributed by atoms with Crippen LogP contribution in [-0.4, -0.2) is 45.4 Å². The zero-order valence-corrected chi connectivity index (χ0v) is 11.4. The number of hydrogen-bond donors (Lipinski definition) is 0. The molecule has 7 nitrogen and oxygen atoms in total. The van der Waals surface area contributed by atoms with Crippen LogP contribution in [0.15, 0.2) is 35.7 Å². The minimum absolute atomic E-state index is 0.112. The second-order valence-corrected chi connectivity index (χ2v) is 6.58. The molecular formula is C11H15N5O2S. The monoisotopic (exact) mass is 281 g/mol. The van der Waals surface area contributed by atoms with E-state index in [1.165, 1.54) is 21.4 Å². The van der Waals surface area contributed by atoms with Crippen molar-refractivity contribution in [1.29, 1.82) is 0 Å². The Hall–Kier alpha value is -1.67. The number of aromatic nitrogens is 4. The van der Waals surface area contributed by atoms with Gasteiger partial charge in [-0.05, 0) is 12.5 Å². The van der Waals surface area contributed by atoms with Gasteiger partial charge in [-0.15, -0.1) is 0 Å². The molecule has 0 aliphatic carbocycles. The van der Waals surface area contributed by atoms with Crippen LogP contribution in [0.1, 0.15) is 12.5 Å². The fourth-order valence-electron chi connectivity index (χ4n) is 2.32. The molecule has 0 radical (unpaired) electrons. The van der Waals surface area contributed by atoms with Crippen molar-refractivity contribution >= 4 is 10.0 Å². The molecule has 0 bridgehead atoms. The topological polar surface area (TPSA) is 73.0 Å². The maximum atomic E-state index is 12.4. The summed E-state index contributed by atoms with van der Waals surface area (Å²) in [5.41, 5.74) is 0. The van der Waals surface area contributed by atoms with Crippen molar-refractivity contribution in [2.24, 2.45) is 7.05 Å². The molecular weight excluding hydrogens is 266 g/mol. The van der Waals surface area contributed by atoms with E-state index < -0.39 is 10.0 Å². The Morgan fingerprint density at radius 2 is 2.21 bits per heavy atom. The third-order valence-corrected chi connectivity index (χ3v) is 5.16. The van der Waals surface area contributed by atoms with E-state index in [1.54, 1.807) is 13.2 Å². The van der Waals surface area contributed by atoms with Gasteiger partial charge in [0.05, 0.1) is 12.2 Å². The van der Waals surface area contributed by atoms with E-state index in [-0.39, 0.29) is 10.9 Å². The molecule has 1 unspecified atom stereocenters. The highest BCUT2D eigenvalue weighted by molar-refractivity contribution is 7.89. The van der Waals surface area contributed by atoms with Crippen molar-refractivity contribution < 1.29 is 8.42 Å². The highest BCUT2D eigenvalue weighted by Gasteiger charge is 2.34. The van der Waals surface area contributed by atoms with Crippen molar-refractivity contribution in [3.63, 3.8) is 0 Å². The maximum absolute atomic E-state index is 12.4. The summed E-state index contributed by atoms with van der Waals surface area (Å²) < 4.78 is 29.6. The first kappa shape index (κ1) is 12.4. The van der Waals surface area contributed by atoms with Crippen molar-refractivity contribution in [1.82, 2.24) is 23.9 Å². The van der Waals surface area contributed by atoms with Crippen molar-refractivity contribution in [3.05, 3.63) is 30.9 Å². The fraction of sp³-hybridized carbons (Fsp3) is 0.455. The van der Waals surface area contributed by atoms with E-state index in [4.69, 9.17) is 0 Å². The van der Waals surface area contributed by atoms with Crippen LogP contribution >= 0.6 is 0 Å². The molecule has 1 saturated heterocycles. The lowest BCUT2D eigenvalue weighted by Gasteiger charge is -2.15. The molecule has 2 aromatic heterocycles. The van der Waals surface area contributed by atoms with Gasteiger partial charge in [-0.3, -0.25) is 9.36 Å². The van der Waals surface area contributed by atoms with Gasteiger partial charge in [0.1, 0.15) is 4.90 Å². The lowest BCUT2D eigenvalue weighted by Crippen LogP contribution is -2.29. The van der Waals surface area contributed by atoms with Gasteiger partial charge in [0.15, 0.2) is 0 Å². The van der Waals surface area contributed by atoms with Gasteiger partial charge in [0.2, 0.25) is 10.0 Å². The molecule has 1 atom stereocenters. The van der Waals surface area contributed by atoms with E-state index in [2.05, 4.69) is 10.2 Å². The normalized spacial score (nSPS) is 21.0. The molecule has 3 heterocycles. The second kappa shape index (κ2) is 4.46. The SMILES string of the molecule is Cn1cc(S(=O)(=O)N2CCC(n3cccn3)C2)cn1. The van der Waals surface area contributed by atoms with Crippen LogP contribution in [0.25, 0.3) is 0 Å². The Morgan fingerprint density at radius 1 is 1.37 bits per heavy atom. The van der Waals surface area contributed by atoms with Crippen molar-refractivity contribution in [3.8, 4) is 0 Å². The molecule has 1 fully saturated rings. The molecule has 0 N–H and O–H groups in total. The highest BCUT2D eigenvalue weighted by Crippen LogP contribution is 2.26. The number of nitrogens with zero attached hydrogens (tertiary/aromatic N) is 5. The molecule has 8 heteroatoms. The summed E-state index contributed by atoms with van der Waals surface area (Å²) in [4.78, 5) is 0.246. The Kier molecular flexibility index (Phi) is 2.90. The van der Waals surface area contributed by atoms with E-state index in [1.807, 2.05) is 16.9 Å². The molecule has 3 rings (SSSR count). The number of sulfonamides is 1. The van der Waals surface area contributed by atoms with E-state index >= 15 is 0 Å². The fourth-order valence-corrected chi connectivity index (χ4v) is 3.80. The molecule has 1 aliphatic rings. The first-order valence-corrected chi connectivity index (χ1v) is 7.49. The maximum Gasteiger partial charge on any atom is 0.246 e. The Morgan fingerprint density at radius 3 is 2.84 bits per heavy atom. The van der Waals surface area contributed by atoms with Crippen LogP contribution in [0.5, 0.6) is 0 Å². The smallest absolute Gasteiger partial charge is 0.246 e. The quantitative estimate of drug-likeness (QED) is 0.808. The van der Waals surface area contributed by atoms with Crippen LogP contribution in [0.3, 0.4) is 0 Å². The van der Waals surface area contributed by atoms with Gasteiger partial charge in [-0.1, -0.05) is 0 Å². The minimum atomic E-state index is -3.43. The van der Waals surface area contributed by atoms with Crippen LogP contribution in [0, 0.1) is 0 Å². The van der Waals surface area contributed by atoms with Crippen LogP contribution in [-0.2, 0) is 17.1 Å². The van der Waals surface area contributed by atoms with Crippen LogP contribution in [0.2, 0.25) is 0 Å². The average molecular weight is 281 g/mol. The van der Waals surface area contributed by atoms with Gasteiger partial charge >= 0.3 is 0 Å². The summed E-state index contributed by atoms with van der Waals surface area (Å²) in [6, 6.07) is 1.96. The first-order chi connectivity index (χ1) is 9.07. The van der Waals surface area contributed by atoms with E-state index in [0.29, 0.717) is 13.1 Å². The lowest BCUT2D eigenvalue weighted by molar-refractivity contribution is 0.434. The molecule has 2 aromatic rings. The first-order valence-electron chi connectivity index (χ1n) is 6.05. The second-order valence-electron chi connectivity index (χ2n) is 4.64.